The topological polar surface area (TPSA) is 66.9 Å². The molecule has 118 valence electrons. The maximum absolute atomic E-state index is 12.3. The van der Waals surface area contributed by atoms with Crippen LogP contribution in [0, 0.1) is 5.92 Å². The van der Waals surface area contributed by atoms with Crippen LogP contribution in [0.3, 0.4) is 0 Å². The first-order valence-electron chi connectivity index (χ1n) is 7.12. The number of methoxy groups -OCH3 is 1. The largest absolute Gasteiger partial charge is 0.469 e. The lowest BCUT2D eigenvalue weighted by atomic mass is 9.89. The zero-order valence-electron chi connectivity index (χ0n) is 12.7. The Hall–Kier alpha value is -0.660. The summed E-state index contributed by atoms with van der Waals surface area (Å²) < 4.78 is 31.7. The van der Waals surface area contributed by atoms with E-state index in [1.165, 1.54) is 42.0 Å². The first-order valence-corrected chi connectivity index (χ1v) is 8.52. The van der Waals surface area contributed by atoms with E-state index in [2.05, 4.69) is 4.74 Å². The number of rotatable bonds is 7. The van der Waals surface area contributed by atoms with E-state index in [-0.39, 0.29) is 13.0 Å². The van der Waals surface area contributed by atoms with Crippen LogP contribution in [0.2, 0.25) is 0 Å². The lowest BCUT2D eigenvalue weighted by molar-refractivity contribution is -0.140. The fourth-order valence-corrected chi connectivity index (χ4v) is 3.73. The monoisotopic (exact) mass is 306 g/mol. The van der Waals surface area contributed by atoms with Crippen molar-refractivity contribution in [1.82, 2.24) is 8.61 Å². The summed E-state index contributed by atoms with van der Waals surface area (Å²) in [6.07, 6.45) is 5.92. The minimum Gasteiger partial charge on any atom is -0.469 e. The Morgan fingerprint density at radius 2 is 1.75 bits per heavy atom. The highest BCUT2D eigenvalue weighted by atomic mass is 32.2. The van der Waals surface area contributed by atoms with Gasteiger partial charge in [-0.1, -0.05) is 19.3 Å². The fraction of sp³-hybridized carbons (Fsp3) is 0.923. The van der Waals surface area contributed by atoms with E-state index >= 15 is 0 Å². The molecular weight excluding hydrogens is 280 g/mol. The standard InChI is InChI=1S/C13H26N2O4S/c1-14(10-9-13(16)19-3)20(17,18)15(2)11-12-7-5-4-6-8-12/h12H,4-11H2,1-3H3. The molecule has 0 radical (unpaired) electrons. The van der Waals surface area contributed by atoms with Crippen LogP contribution in [0.25, 0.3) is 0 Å². The molecule has 1 aliphatic rings. The van der Waals surface area contributed by atoms with Gasteiger partial charge in [0.05, 0.1) is 13.5 Å². The molecule has 0 amide bonds. The number of ether oxygens (including phenoxy) is 1. The molecule has 0 aliphatic heterocycles. The Balaban J connectivity index is 2.50. The summed E-state index contributed by atoms with van der Waals surface area (Å²) in [6.45, 7) is 0.703. The summed E-state index contributed by atoms with van der Waals surface area (Å²) in [5, 5.41) is 0. The third-order valence-corrected chi connectivity index (χ3v) is 5.79. The molecule has 1 aliphatic carbocycles. The third-order valence-electron chi connectivity index (χ3n) is 3.89. The molecule has 1 saturated carbocycles. The molecule has 0 aromatic rings. The molecule has 0 N–H and O–H groups in total. The second-order valence-electron chi connectivity index (χ2n) is 5.44. The first-order chi connectivity index (χ1) is 9.37. The van der Waals surface area contributed by atoms with E-state index < -0.39 is 16.2 Å². The summed E-state index contributed by atoms with van der Waals surface area (Å²) in [5.74, 6) is 0.0551. The molecule has 0 aromatic carbocycles. The van der Waals surface area contributed by atoms with E-state index in [4.69, 9.17) is 0 Å². The SMILES string of the molecule is COC(=O)CCN(C)S(=O)(=O)N(C)CC1CCCCC1. The summed E-state index contributed by atoms with van der Waals surface area (Å²) in [6, 6.07) is 0. The summed E-state index contributed by atoms with van der Waals surface area (Å²) in [7, 11) is 0.920. The van der Waals surface area contributed by atoms with Gasteiger partial charge < -0.3 is 4.74 Å². The Morgan fingerprint density at radius 1 is 1.15 bits per heavy atom. The second kappa shape index (κ2) is 7.95. The van der Waals surface area contributed by atoms with Gasteiger partial charge in [0.2, 0.25) is 0 Å². The minimum absolute atomic E-state index is 0.0729. The highest BCUT2D eigenvalue weighted by Crippen LogP contribution is 2.25. The number of carbonyl (C=O) groups is 1. The van der Waals surface area contributed by atoms with Gasteiger partial charge in [-0.2, -0.15) is 17.0 Å². The molecule has 0 unspecified atom stereocenters. The molecule has 1 fully saturated rings. The highest BCUT2D eigenvalue weighted by Gasteiger charge is 2.27. The molecule has 0 saturated heterocycles. The third kappa shape index (κ3) is 5.03. The van der Waals surface area contributed by atoms with Crippen molar-refractivity contribution in [2.75, 3.05) is 34.3 Å². The molecule has 20 heavy (non-hydrogen) atoms. The van der Waals surface area contributed by atoms with Crippen LogP contribution < -0.4 is 0 Å². The predicted molar refractivity (Wildman–Crippen MR) is 77.4 cm³/mol. The van der Waals surface area contributed by atoms with E-state index in [0.29, 0.717) is 12.5 Å². The Labute approximate surface area is 122 Å². The number of esters is 1. The Morgan fingerprint density at radius 3 is 2.30 bits per heavy atom. The van der Waals surface area contributed by atoms with E-state index in [1.807, 2.05) is 0 Å². The lowest BCUT2D eigenvalue weighted by Gasteiger charge is -2.29. The van der Waals surface area contributed by atoms with Crippen molar-refractivity contribution in [2.24, 2.45) is 5.92 Å². The molecule has 0 heterocycles. The van der Waals surface area contributed by atoms with Gasteiger partial charge in [-0.25, -0.2) is 0 Å². The maximum atomic E-state index is 12.3. The zero-order valence-corrected chi connectivity index (χ0v) is 13.5. The highest BCUT2D eigenvalue weighted by molar-refractivity contribution is 7.86. The zero-order chi connectivity index (χ0) is 15.2. The van der Waals surface area contributed by atoms with Crippen LogP contribution in [-0.2, 0) is 19.7 Å². The average Bonchev–Trinajstić information content (AvgIpc) is 2.45. The summed E-state index contributed by atoms with van der Waals surface area (Å²) >= 11 is 0. The summed E-state index contributed by atoms with van der Waals surface area (Å²) in [4.78, 5) is 11.1. The van der Waals surface area contributed by atoms with Crippen LogP contribution in [-0.4, -0.2) is 57.3 Å². The molecule has 6 nitrogen and oxygen atoms in total. The van der Waals surface area contributed by atoms with Gasteiger partial charge in [0.15, 0.2) is 0 Å². The average molecular weight is 306 g/mol. The van der Waals surface area contributed by atoms with Crippen LogP contribution >= 0.6 is 0 Å². The molecule has 0 spiro atoms. The number of nitrogens with zero attached hydrogens (tertiary/aromatic N) is 2. The van der Waals surface area contributed by atoms with Crippen molar-refractivity contribution in [3.63, 3.8) is 0 Å². The molecule has 7 heteroatoms. The Bertz CT molecular complexity index is 405. The van der Waals surface area contributed by atoms with Crippen LogP contribution in [0.5, 0.6) is 0 Å². The van der Waals surface area contributed by atoms with Gasteiger partial charge in [0, 0.05) is 27.2 Å². The van der Waals surface area contributed by atoms with Gasteiger partial charge in [-0.3, -0.25) is 4.79 Å². The van der Waals surface area contributed by atoms with Crippen molar-refractivity contribution in [1.29, 1.82) is 0 Å². The molecule has 1 rings (SSSR count). The second-order valence-corrected chi connectivity index (χ2v) is 7.58. The fourth-order valence-electron chi connectivity index (χ4n) is 2.53. The van der Waals surface area contributed by atoms with E-state index in [9.17, 15) is 13.2 Å². The normalized spacial score (nSPS) is 17.6. The predicted octanol–water partition coefficient (Wildman–Crippen LogP) is 1.24. The van der Waals surface area contributed by atoms with Crippen molar-refractivity contribution in [3.8, 4) is 0 Å². The Kier molecular flexibility index (Phi) is 6.91. The van der Waals surface area contributed by atoms with Gasteiger partial charge in [-0.15, -0.1) is 0 Å². The minimum atomic E-state index is -3.48. The first kappa shape index (κ1) is 17.4. The molecule has 0 aromatic heterocycles. The molecule has 0 atom stereocenters. The van der Waals surface area contributed by atoms with Crippen molar-refractivity contribution in [3.05, 3.63) is 0 Å². The van der Waals surface area contributed by atoms with Crippen LogP contribution in [0.1, 0.15) is 38.5 Å². The van der Waals surface area contributed by atoms with Gasteiger partial charge in [-0.05, 0) is 18.8 Å². The van der Waals surface area contributed by atoms with Gasteiger partial charge >= 0.3 is 5.97 Å². The molecular formula is C13H26N2O4S. The van der Waals surface area contributed by atoms with E-state index in [1.54, 1.807) is 7.05 Å². The van der Waals surface area contributed by atoms with Crippen molar-refractivity contribution < 1.29 is 17.9 Å². The van der Waals surface area contributed by atoms with Gasteiger partial charge in [0.1, 0.15) is 0 Å². The van der Waals surface area contributed by atoms with Crippen LogP contribution in [0.4, 0.5) is 0 Å². The number of hydrogen-bond acceptors (Lipinski definition) is 4. The van der Waals surface area contributed by atoms with Crippen LogP contribution in [0.15, 0.2) is 0 Å². The smallest absolute Gasteiger partial charge is 0.306 e. The van der Waals surface area contributed by atoms with Crippen molar-refractivity contribution >= 4 is 16.2 Å². The van der Waals surface area contributed by atoms with Gasteiger partial charge in [0.25, 0.3) is 10.2 Å². The van der Waals surface area contributed by atoms with Crippen molar-refractivity contribution in [2.45, 2.75) is 38.5 Å². The quantitative estimate of drug-likeness (QED) is 0.664. The maximum Gasteiger partial charge on any atom is 0.306 e. The summed E-state index contributed by atoms with van der Waals surface area (Å²) in [5.41, 5.74) is 0. The number of hydrogen-bond donors (Lipinski definition) is 0. The lowest BCUT2D eigenvalue weighted by Crippen LogP contribution is -2.42. The number of carbonyl (C=O) groups excluding carboxylic acids is 1. The van der Waals surface area contributed by atoms with E-state index in [0.717, 1.165) is 12.8 Å². The molecule has 0 bridgehead atoms.